The number of benzene rings is 2. The molecule has 3 rings (SSSR count). The number of aromatic nitrogens is 2. The molecule has 6 heteroatoms. The Hall–Kier alpha value is -2.73. The number of nitrogens with zero attached hydrogens (tertiary/aromatic N) is 2. The number of ether oxygens (including phenoxy) is 1. The fraction of sp³-hybridized carbons (Fsp3) is 0.0556. The molecule has 0 aliphatic carbocycles. The number of aryl methyl sites for hydroxylation is 1. The lowest BCUT2D eigenvalue weighted by Gasteiger charge is -2.09. The third kappa shape index (κ3) is 3.97. The van der Waals surface area contributed by atoms with Crippen molar-refractivity contribution in [2.24, 2.45) is 0 Å². The number of nitrogens with one attached hydrogen (secondary N) is 1. The zero-order valence-electron chi connectivity index (χ0n) is 12.9. The second-order valence-corrected chi connectivity index (χ2v) is 5.92. The standard InChI is InChI=1S/C18H14BrN3O2/c1-12-9-17(21-11-20-12)22-13-5-4-6-14(10-13)24-18(23)15-7-2-3-8-16(15)19/h2-11H,1H3,(H,20,21,22). The van der Waals surface area contributed by atoms with Gasteiger partial charge in [-0.15, -0.1) is 0 Å². The third-order valence-corrected chi connectivity index (χ3v) is 3.91. The van der Waals surface area contributed by atoms with E-state index < -0.39 is 5.97 Å². The number of esters is 1. The summed E-state index contributed by atoms with van der Waals surface area (Å²) in [6.07, 6.45) is 1.49. The molecular weight excluding hydrogens is 370 g/mol. The van der Waals surface area contributed by atoms with Crippen LogP contribution in [0.15, 0.2) is 65.4 Å². The third-order valence-electron chi connectivity index (χ3n) is 3.21. The summed E-state index contributed by atoms with van der Waals surface area (Å²) in [5.41, 5.74) is 2.11. The van der Waals surface area contributed by atoms with Gasteiger partial charge in [-0.2, -0.15) is 0 Å². The van der Waals surface area contributed by atoms with Gasteiger partial charge in [0.15, 0.2) is 0 Å². The van der Waals surface area contributed by atoms with Gasteiger partial charge in [-0.3, -0.25) is 0 Å². The second-order valence-electron chi connectivity index (χ2n) is 5.07. The molecule has 0 saturated heterocycles. The highest BCUT2D eigenvalue weighted by Gasteiger charge is 2.12. The first-order valence-corrected chi connectivity index (χ1v) is 8.03. The highest BCUT2D eigenvalue weighted by Crippen LogP contribution is 2.23. The number of anilines is 2. The summed E-state index contributed by atoms with van der Waals surface area (Å²) in [6, 6.07) is 16.1. The predicted octanol–water partition coefficient (Wildman–Crippen LogP) is 4.51. The van der Waals surface area contributed by atoms with E-state index in [-0.39, 0.29) is 0 Å². The maximum atomic E-state index is 12.3. The summed E-state index contributed by atoms with van der Waals surface area (Å²) in [5, 5.41) is 3.16. The van der Waals surface area contributed by atoms with Crippen molar-refractivity contribution in [1.82, 2.24) is 9.97 Å². The van der Waals surface area contributed by atoms with Gasteiger partial charge in [0.1, 0.15) is 17.9 Å². The SMILES string of the molecule is Cc1cc(Nc2cccc(OC(=O)c3ccccc3Br)c2)ncn1. The largest absolute Gasteiger partial charge is 0.423 e. The van der Waals surface area contributed by atoms with E-state index in [0.717, 1.165) is 11.4 Å². The molecule has 0 saturated carbocycles. The van der Waals surface area contributed by atoms with Gasteiger partial charge in [0.05, 0.1) is 5.56 Å². The van der Waals surface area contributed by atoms with Gasteiger partial charge >= 0.3 is 5.97 Å². The Balaban J connectivity index is 1.76. The molecule has 0 radical (unpaired) electrons. The first kappa shape index (κ1) is 16.1. The van der Waals surface area contributed by atoms with Gasteiger partial charge < -0.3 is 10.1 Å². The van der Waals surface area contributed by atoms with Gasteiger partial charge in [0.25, 0.3) is 0 Å². The molecule has 24 heavy (non-hydrogen) atoms. The molecule has 120 valence electrons. The quantitative estimate of drug-likeness (QED) is 0.530. The summed E-state index contributed by atoms with van der Waals surface area (Å²) in [6.45, 7) is 1.89. The number of rotatable bonds is 4. The minimum atomic E-state index is -0.419. The molecule has 0 amide bonds. The molecule has 0 unspecified atom stereocenters. The number of hydrogen-bond donors (Lipinski definition) is 1. The van der Waals surface area contributed by atoms with Gasteiger partial charge in [-0.25, -0.2) is 14.8 Å². The molecule has 1 aromatic heterocycles. The number of halogens is 1. The maximum absolute atomic E-state index is 12.3. The molecule has 0 aliphatic rings. The van der Waals surface area contributed by atoms with Gasteiger partial charge in [-0.05, 0) is 47.1 Å². The molecule has 1 heterocycles. The Morgan fingerprint density at radius 1 is 1.08 bits per heavy atom. The Bertz CT molecular complexity index is 883. The van der Waals surface area contributed by atoms with Crippen LogP contribution in [0, 0.1) is 6.92 Å². The number of carbonyl (C=O) groups excluding carboxylic acids is 1. The normalized spacial score (nSPS) is 10.2. The summed E-state index contributed by atoms with van der Waals surface area (Å²) < 4.78 is 6.14. The lowest BCUT2D eigenvalue weighted by Crippen LogP contribution is -2.09. The van der Waals surface area contributed by atoms with Crippen LogP contribution in [-0.2, 0) is 0 Å². The molecule has 0 bridgehead atoms. The van der Waals surface area contributed by atoms with Crippen LogP contribution in [0.5, 0.6) is 5.75 Å². The minimum absolute atomic E-state index is 0.419. The van der Waals surface area contributed by atoms with Crippen molar-refractivity contribution < 1.29 is 9.53 Å². The molecule has 3 aromatic rings. The smallest absolute Gasteiger partial charge is 0.344 e. The molecule has 2 aromatic carbocycles. The summed E-state index contributed by atoms with van der Waals surface area (Å²) in [7, 11) is 0. The molecule has 5 nitrogen and oxygen atoms in total. The van der Waals surface area contributed by atoms with E-state index in [4.69, 9.17) is 4.74 Å². The Morgan fingerprint density at radius 3 is 2.71 bits per heavy atom. The van der Waals surface area contributed by atoms with Crippen LogP contribution in [0.2, 0.25) is 0 Å². The first-order valence-electron chi connectivity index (χ1n) is 7.24. The molecular formula is C18H14BrN3O2. The van der Waals surface area contributed by atoms with Crippen molar-refractivity contribution in [1.29, 1.82) is 0 Å². The molecule has 1 N–H and O–H groups in total. The first-order chi connectivity index (χ1) is 11.6. The van der Waals surface area contributed by atoms with Crippen LogP contribution in [0.4, 0.5) is 11.5 Å². The van der Waals surface area contributed by atoms with Gasteiger partial charge in [0.2, 0.25) is 0 Å². The highest BCUT2D eigenvalue weighted by molar-refractivity contribution is 9.10. The minimum Gasteiger partial charge on any atom is -0.423 e. The van der Waals surface area contributed by atoms with Crippen molar-refractivity contribution in [2.75, 3.05) is 5.32 Å². The van der Waals surface area contributed by atoms with Crippen molar-refractivity contribution in [3.63, 3.8) is 0 Å². The van der Waals surface area contributed by atoms with Crippen LogP contribution in [-0.4, -0.2) is 15.9 Å². The Morgan fingerprint density at radius 2 is 1.92 bits per heavy atom. The van der Waals surface area contributed by atoms with E-state index in [1.807, 2.05) is 25.1 Å². The Labute approximate surface area is 147 Å². The van der Waals surface area contributed by atoms with Crippen LogP contribution in [0.3, 0.4) is 0 Å². The monoisotopic (exact) mass is 383 g/mol. The number of carbonyl (C=O) groups is 1. The fourth-order valence-electron chi connectivity index (χ4n) is 2.10. The van der Waals surface area contributed by atoms with Crippen molar-refractivity contribution in [3.8, 4) is 5.75 Å². The lowest BCUT2D eigenvalue weighted by atomic mass is 10.2. The van der Waals surface area contributed by atoms with Gasteiger partial charge in [0, 0.05) is 28.0 Å². The summed E-state index contributed by atoms with van der Waals surface area (Å²) >= 11 is 3.35. The van der Waals surface area contributed by atoms with Crippen molar-refractivity contribution in [2.45, 2.75) is 6.92 Å². The Kier molecular flexibility index (Phi) is 4.86. The topological polar surface area (TPSA) is 64.1 Å². The van der Waals surface area contributed by atoms with Crippen LogP contribution in [0.1, 0.15) is 16.1 Å². The van der Waals surface area contributed by atoms with E-state index >= 15 is 0 Å². The average molecular weight is 384 g/mol. The maximum Gasteiger partial charge on any atom is 0.344 e. The zero-order chi connectivity index (χ0) is 16.9. The number of hydrogen-bond acceptors (Lipinski definition) is 5. The average Bonchev–Trinajstić information content (AvgIpc) is 2.55. The second kappa shape index (κ2) is 7.23. The highest BCUT2D eigenvalue weighted by atomic mass is 79.9. The summed E-state index contributed by atoms with van der Waals surface area (Å²) in [4.78, 5) is 20.5. The van der Waals surface area contributed by atoms with E-state index in [1.165, 1.54) is 6.33 Å². The lowest BCUT2D eigenvalue weighted by molar-refractivity contribution is 0.0734. The molecule has 0 aliphatic heterocycles. The van der Waals surface area contributed by atoms with Crippen LogP contribution < -0.4 is 10.1 Å². The van der Waals surface area contributed by atoms with Crippen molar-refractivity contribution >= 4 is 33.4 Å². The van der Waals surface area contributed by atoms with E-state index in [1.54, 1.807) is 36.4 Å². The van der Waals surface area contributed by atoms with E-state index in [9.17, 15) is 4.79 Å². The molecule has 0 spiro atoms. The predicted molar refractivity (Wildman–Crippen MR) is 95.6 cm³/mol. The summed E-state index contributed by atoms with van der Waals surface area (Å²) in [5.74, 6) is 0.709. The van der Waals surface area contributed by atoms with E-state index in [2.05, 4.69) is 31.2 Å². The van der Waals surface area contributed by atoms with Crippen LogP contribution in [0.25, 0.3) is 0 Å². The molecule has 0 fully saturated rings. The van der Waals surface area contributed by atoms with Crippen LogP contribution >= 0.6 is 15.9 Å². The van der Waals surface area contributed by atoms with Crippen molar-refractivity contribution in [3.05, 3.63) is 76.7 Å². The van der Waals surface area contributed by atoms with Gasteiger partial charge in [-0.1, -0.05) is 18.2 Å². The fourth-order valence-corrected chi connectivity index (χ4v) is 2.54. The molecule has 0 atom stereocenters. The van der Waals surface area contributed by atoms with E-state index in [0.29, 0.717) is 21.6 Å². The zero-order valence-corrected chi connectivity index (χ0v) is 14.4.